The molecule has 0 saturated heterocycles. The molecular weight excluding hydrogens is 324 g/mol. The number of nitrogens with two attached hydrogens (primary N) is 1. The molecule has 0 aliphatic rings. The van der Waals surface area contributed by atoms with E-state index in [0.29, 0.717) is 22.9 Å². The summed E-state index contributed by atoms with van der Waals surface area (Å²) in [6, 6.07) is 15.8. The molecule has 7 heteroatoms. The first-order valence-electron chi connectivity index (χ1n) is 7.17. The van der Waals surface area contributed by atoms with Crippen LogP contribution < -0.4 is 11.1 Å². The van der Waals surface area contributed by atoms with Gasteiger partial charge in [0.2, 0.25) is 0 Å². The molecular formula is C17H16N4O2S. The lowest BCUT2D eigenvalue weighted by Crippen LogP contribution is -2.00. The molecule has 0 unspecified atom stereocenters. The molecule has 2 aromatic carbocycles. The third-order valence-corrected chi connectivity index (χ3v) is 4.55. The summed E-state index contributed by atoms with van der Waals surface area (Å²) >= 11 is 0. The fraction of sp³-hybridized carbons (Fsp3) is 0.0588. The lowest BCUT2D eigenvalue weighted by molar-refractivity contribution is 0.602. The highest BCUT2D eigenvalue weighted by atomic mass is 32.2. The van der Waals surface area contributed by atoms with Crippen LogP contribution in [0.25, 0.3) is 11.3 Å². The number of nitrogens with one attached hydrogen (secondary N) is 1. The fourth-order valence-corrected chi connectivity index (χ4v) is 2.92. The minimum atomic E-state index is -3.26. The van der Waals surface area contributed by atoms with Gasteiger partial charge < -0.3 is 11.1 Å². The minimum absolute atomic E-state index is 0.245. The first-order chi connectivity index (χ1) is 11.4. The number of nitrogens with zero attached hydrogens (tertiary/aromatic N) is 2. The number of aromatic nitrogens is 2. The fourth-order valence-electron chi connectivity index (χ4n) is 2.26. The van der Waals surface area contributed by atoms with E-state index >= 15 is 0 Å². The molecule has 0 fully saturated rings. The second kappa shape index (κ2) is 6.29. The van der Waals surface area contributed by atoms with Crippen LogP contribution in [-0.2, 0) is 9.84 Å². The third kappa shape index (κ3) is 3.52. The molecule has 3 rings (SSSR count). The first-order valence-corrected chi connectivity index (χ1v) is 9.07. The molecule has 0 aliphatic carbocycles. The van der Waals surface area contributed by atoms with Crippen molar-refractivity contribution < 1.29 is 8.42 Å². The summed E-state index contributed by atoms with van der Waals surface area (Å²) in [6.45, 7) is 0. The summed E-state index contributed by atoms with van der Waals surface area (Å²) in [5.74, 6) is 0.550. The molecule has 0 atom stereocenters. The number of anilines is 3. The molecule has 3 N–H and O–H groups in total. The van der Waals surface area contributed by atoms with Crippen LogP contribution in [0, 0.1) is 0 Å². The molecule has 3 aromatic rings. The molecule has 6 nitrogen and oxygen atoms in total. The smallest absolute Gasteiger partial charge is 0.175 e. The monoisotopic (exact) mass is 340 g/mol. The second-order valence-electron chi connectivity index (χ2n) is 5.30. The highest BCUT2D eigenvalue weighted by Gasteiger charge is 2.09. The van der Waals surface area contributed by atoms with Crippen molar-refractivity contribution in [2.75, 3.05) is 17.3 Å². The van der Waals surface area contributed by atoms with Gasteiger partial charge >= 0.3 is 0 Å². The summed E-state index contributed by atoms with van der Waals surface area (Å²) in [5.41, 5.74) is 8.73. The largest absolute Gasteiger partial charge is 0.398 e. The zero-order chi connectivity index (χ0) is 17.2. The molecule has 0 aliphatic heterocycles. The van der Waals surface area contributed by atoms with Gasteiger partial charge in [-0.05, 0) is 24.3 Å². The first kappa shape index (κ1) is 15.9. The zero-order valence-electron chi connectivity index (χ0n) is 13.0. The molecule has 0 amide bonds. The molecule has 1 heterocycles. The Morgan fingerprint density at radius 1 is 1.00 bits per heavy atom. The van der Waals surface area contributed by atoms with E-state index in [9.17, 15) is 8.42 Å². The summed E-state index contributed by atoms with van der Waals surface area (Å²) in [4.78, 5) is 8.66. The van der Waals surface area contributed by atoms with Crippen molar-refractivity contribution in [3.05, 3.63) is 60.9 Å². The molecule has 0 saturated carbocycles. The van der Waals surface area contributed by atoms with E-state index < -0.39 is 9.84 Å². The second-order valence-corrected chi connectivity index (χ2v) is 7.32. The maximum atomic E-state index is 11.6. The SMILES string of the molecule is CS(=O)(=O)c1cccc(Nc2cc(-c3ccccc3N)ncn2)c1. The highest BCUT2D eigenvalue weighted by Crippen LogP contribution is 2.26. The van der Waals surface area contributed by atoms with E-state index in [1.807, 2.05) is 18.2 Å². The van der Waals surface area contributed by atoms with E-state index in [4.69, 9.17) is 5.73 Å². The van der Waals surface area contributed by atoms with E-state index in [1.165, 1.54) is 12.6 Å². The van der Waals surface area contributed by atoms with Crippen LogP contribution >= 0.6 is 0 Å². The van der Waals surface area contributed by atoms with Gasteiger partial charge in [-0.15, -0.1) is 0 Å². The Hall–Kier alpha value is -2.93. The molecule has 24 heavy (non-hydrogen) atoms. The van der Waals surface area contributed by atoms with Gasteiger partial charge in [-0.1, -0.05) is 24.3 Å². The maximum Gasteiger partial charge on any atom is 0.175 e. The van der Waals surface area contributed by atoms with Crippen molar-refractivity contribution in [2.45, 2.75) is 4.90 Å². The van der Waals surface area contributed by atoms with Gasteiger partial charge in [0, 0.05) is 29.3 Å². The number of sulfone groups is 1. The van der Waals surface area contributed by atoms with Crippen molar-refractivity contribution >= 4 is 27.0 Å². The van der Waals surface area contributed by atoms with Gasteiger partial charge in [-0.25, -0.2) is 18.4 Å². The average Bonchev–Trinajstić information content (AvgIpc) is 2.55. The summed E-state index contributed by atoms with van der Waals surface area (Å²) in [7, 11) is -3.26. The maximum absolute atomic E-state index is 11.6. The van der Waals surface area contributed by atoms with E-state index in [1.54, 1.807) is 36.4 Å². The van der Waals surface area contributed by atoms with Crippen molar-refractivity contribution in [1.82, 2.24) is 9.97 Å². The minimum Gasteiger partial charge on any atom is -0.398 e. The molecule has 0 radical (unpaired) electrons. The van der Waals surface area contributed by atoms with Crippen LogP contribution in [-0.4, -0.2) is 24.6 Å². The van der Waals surface area contributed by atoms with Gasteiger partial charge in [0.25, 0.3) is 0 Å². The number of hydrogen-bond acceptors (Lipinski definition) is 6. The predicted molar refractivity (Wildman–Crippen MR) is 94.7 cm³/mol. The lowest BCUT2D eigenvalue weighted by Gasteiger charge is -2.09. The summed E-state index contributed by atoms with van der Waals surface area (Å²) in [6.07, 6.45) is 2.61. The number of para-hydroxylation sites is 1. The molecule has 0 spiro atoms. The van der Waals surface area contributed by atoms with Crippen LogP contribution in [0.2, 0.25) is 0 Å². The van der Waals surface area contributed by atoms with Crippen LogP contribution in [0.1, 0.15) is 0 Å². The third-order valence-electron chi connectivity index (χ3n) is 3.44. The van der Waals surface area contributed by atoms with Gasteiger partial charge in [0.05, 0.1) is 10.6 Å². The van der Waals surface area contributed by atoms with Crippen molar-refractivity contribution in [1.29, 1.82) is 0 Å². The number of rotatable bonds is 4. The Balaban J connectivity index is 1.92. The summed E-state index contributed by atoms with van der Waals surface area (Å²) < 4.78 is 23.3. The Labute approximate surface area is 140 Å². The number of benzene rings is 2. The topological polar surface area (TPSA) is 98.0 Å². The Bertz CT molecular complexity index is 987. The quantitative estimate of drug-likeness (QED) is 0.709. The van der Waals surface area contributed by atoms with Gasteiger partial charge in [-0.3, -0.25) is 0 Å². The average molecular weight is 340 g/mol. The lowest BCUT2D eigenvalue weighted by atomic mass is 10.1. The Kier molecular flexibility index (Phi) is 4.18. The highest BCUT2D eigenvalue weighted by molar-refractivity contribution is 7.90. The van der Waals surface area contributed by atoms with Crippen LogP contribution in [0.4, 0.5) is 17.2 Å². The summed E-state index contributed by atoms with van der Waals surface area (Å²) in [5, 5.41) is 3.09. The normalized spacial score (nSPS) is 11.2. The van der Waals surface area contributed by atoms with E-state index in [0.717, 1.165) is 5.56 Å². The van der Waals surface area contributed by atoms with Gasteiger partial charge in [0.1, 0.15) is 12.1 Å². The van der Waals surface area contributed by atoms with Crippen molar-refractivity contribution in [3.63, 3.8) is 0 Å². The molecule has 122 valence electrons. The molecule has 1 aromatic heterocycles. The number of hydrogen-bond donors (Lipinski definition) is 2. The van der Waals surface area contributed by atoms with Gasteiger partial charge in [-0.2, -0.15) is 0 Å². The van der Waals surface area contributed by atoms with Crippen LogP contribution in [0.15, 0.2) is 65.8 Å². The Morgan fingerprint density at radius 3 is 2.54 bits per heavy atom. The van der Waals surface area contributed by atoms with Crippen LogP contribution in [0.5, 0.6) is 0 Å². The molecule has 0 bridgehead atoms. The standard InChI is InChI=1S/C17H16N4O2S/c1-24(22,23)13-6-4-5-12(9-13)21-17-10-16(19-11-20-17)14-7-2-3-8-15(14)18/h2-11H,18H2,1H3,(H,19,20,21). The van der Waals surface area contributed by atoms with Crippen LogP contribution in [0.3, 0.4) is 0 Å². The van der Waals surface area contributed by atoms with Crippen molar-refractivity contribution in [2.24, 2.45) is 0 Å². The zero-order valence-corrected chi connectivity index (χ0v) is 13.8. The Morgan fingerprint density at radius 2 is 1.79 bits per heavy atom. The van der Waals surface area contributed by atoms with Gasteiger partial charge in [0.15, 0.2) is 9.84 Å². The van der Waals surface area contributed by atoms with E-state index in [2.05, 4.69) is 15.3 Å². The van der Waals surface area contributed by atoms with E-state index in [-0.39, 0.29) is 4.90 Å². The van der Waals surface area contributed by atoms with Crippen molar-refractivity contribution in [3.8, 4) is 11.3 Å². The predicted octanol–water partition coefficient (Wildman–Crippen LogP) is 2.87. The number of nitrogen functional groups attached to an aromatic ring is 1.